The molecule has 1 rings (SSSR count). The predicted molar refractivity (Wildman–Crippen MR) is 163 cm³/mol. The van der Waals surface area contributed by atoms with Crippen molar-refractivity contribution < 1.29 is 28.7 Å². The van der Waals surface area contributed by atoms with Crippen LogP contribution in [0.3, 0.4) is 0 Å². The Morgan fingerprint density at radius 2 is 1.61 bits per heavy atom. The molecule has 11 nitrogen and oxygen atoms in total. The normalized spacial score (nSPS) is 10.7. The van der Waals surface area contributed by atoms with E-state index in [1.807, 2.05) is 19.0 Å². The van der Waals surface area contributed by atoms with Gasteiger partial charge in [-0.3, -0.25) is 9.59 Å². The topological polar surface area (TPSA) is 121 Å². The highest BCUT2D eigenvalue weighted by atomic mass is 32.1. The van der Waals surface area contributed by atoms with Gasteiger partial charge in [-0.2, -0.15) is 12.6 Å². The molecule has 2 N–H and O–H groups in total. The van der Waals surface area contributed by atoms with Crippen LogP contribution in [0.25, 0.3) is 0 Å². The first-order valence-electron chi connectivity index (χ1n) is 14.2. The van der Waals surface area contributed by atoms with E-state index >= 15 is 0 Å². The highest BCUT2D eigenvalue weighted by Gasteiger charge is 2.18. The zero-order valence-corrected chi connectivity index (χ0v) is 26.3. The summed E-state index contributed by atoms with van der Waals surface area (Å²) in [6.07, 6.45) is 5.34. The van der Waals surface area contributed by atoms with Gasteiger partial charge in [0, 0.05) is 65.7 Å². The van der Waals surface area contributed by atoms with Crippen molar-refractivity contribution in [2.24, 2.45) is 0 Å². The molecule has 0 heterocycles. The van der Waals surface area contributed by atoms with E-state index in [1.165, 1.54) is 18.9 Å². The van der Waals surface area contributed by atoms with Crippen LogP contribution < -0.4 is 15.4 Å². The minimum absolute atomic E-state index is 0.0442. The molecule has 41 heavy (non-hydrogen) atoms. The van der Waals surface area contributed by atoms with E-state index in [2.05, 4.69) is 23.3 Å². The fraction of sp³-hybridized carbons (Fsp3) is 0.655. The maximum absolute atomic E-state index is 12.7. The molecule has 0 radical (unpaired) electrons. The molecular weight excluding hydrogens is 546 g/mol. The Morgan fingerprint density at radius 3 is 2.24 bits per heavy atom. The smallest absolute Gasteiger partial charge is 0.415 e. The Balaban J connectivity index is 2.75. The molecule has 0 saturated heterocycles. The Labute approximate surface area is 250 Å². The van der Waals surface area contributed by atoms with Gasteiger partial charge in [-0.1, -0.05) is 31.7 Å². The van der Waals surface area contributed by atoms with E-state index in [0.29, 0.717) is 49.7 Å². The van der Waals surface area contributed by atoms with Crippen molar-refractivity contribution in [1.82, 2.24) is 25.3 Å². The van der Waals surface area contributed by atoms with Crippen molar-refractivity contribution >= 4 is 36.6 Å². The van der Waals surface area contributed by atoms with Gasteiger partial charge in [0.2, 0.25) is 11.8 Å². The minimum atomic E-state index is -0.548. The Morgan fingerprint density at radius 1 is 0.927 bits per heavy atom. The van der Waals surface area contributed by atoms with Gasteiger partial charge in [-0.15, -0.1) is 0 Å². The molecule has 0 saturated carbocycles. The summed E-state index contributed by atoms with van der Waals surface area (Å²) >= 11 is 4.06. The van der Waals surface area contributed by atoms with Gasteiger partial charge >= 0.3 is 12.2 Å². The number of rotatable bonds is 19. The number of amides is 4. The molecule has 0 spiro atoms. The Kier molecular flexibility index (Phi) is 18.3. The number of thiol groups is 1. The maximum Gasteiger partial charge on any atom is 0.415 e. The zero-order chi connectivity index (χ0) is 30.6. The third-order valence-electron chi connectivity index (χ3n) is 6.41. The second kappa shape index (κ2) is 20.8. The highest BCUT2D eigenvalue weighted by molar-refractivity contribution is 7.80. The molecule has 0 atom stereocenters. The summed E-state index contributed by atoms with van der Waals surface area (Å²) in [5, 5.41) is 5.31. The summed E-state index contributed by atoms with van der Waals surface area (Å²) in [6.45, 7) is 4.30. The summed E-state index contributed by atoms with van der Waals surface area (Å²) in [6, 6.07) is 5.21. The first-order chi connectivity index (χ1) is 19.6. The molecule has 0 aliphatic carbocycles. The van der Waals surface area contributed by atoms with Gasteiger partial charge in [0.15, 0.2) is 0 Å². The molecule has 232 valence electrons. The zero-order valence-electron chi connectivity index (χ0n) is 25.4. The molecule has 0 aromatic heterocycles. The summed E-state index contributed by atoms with van der Waals surface area (Å²) in [4.78, 5) is 53.5. The number of unbranched alkanes of at least 4 members (excludes halogenated alkanes) is 5. The van der Waals surface area contributed by atoms with E-state index in [4.69, 9.17) is 9.47 Å². The number of nitrogens with zero attached hydrogens (tertiary/aromatic N) is 3. The van der Waals surface area contributed by atoms with Crippen molar-refractivity contribution in [3.8, 4) is 5.75 Å². The number of hydrogen-bond acceptors (Lipinski definition) is 8. The van der Waals surface area contributed by atoms with E-state index in [9.17, 15) is 19.2 Å². The molecule has 0 aliphatic rings. The SMILES string of the molecule is CNC(=O)OCc1ccc(OC(=O)N(C)CCN(C)C)c(CN(CCCCCCCCNC(=O)CCS)C(C)=O)c1. The summed E-state index contributed by atoms with van der Waals surface area (Å²) in [5.74, 6) is 0.891. The number of hydrogen-bond donors (Lipinski definition) is 3. The maximum atomic E-state index is 12.7. The van der Waals surface area contributed by atoms with Crippen LogP contribution in [0.15, 0.2) is 18.2 Å². The lowest BCUT2D eigenvalue weighted by Crippen LogP contribution is -2.35. The summed E-state index contributed by atoms with van der Waals surface area (Å²) in [7, 11) is 7.03. The second-order valence-electron chi connectivity index (χ2n) is 10.2. The molecule has 0 fully saturated rings. The summed E-state index contributed by atoms with van der Waals surface area (Å²) in [5.41, 5.74) is 1.38. The van der Waals surface area contributed by atoms with E-state index in [-0.39, 0.29) is 25.0 Å². The average Bonchev–Trinajstić information content (AvgIpc) is 2.93. The van der Waals surface area contributed by atoms with Crippen LogP contribution in [0, 0.1) is 0 Å². The summed E-state index contributed by atoms with van der Waals surface area (Å²) < 4.78 is 10.9. The van der Waals surface area contributed by atoms with E-state index < -0.39 is 12.2 Å². The molecule has 1 aromatic rings. The number of ether oxygens (including phenoxy) is 2. The number of benzene rings is 1. The van der Waals surface area contributed by atoms with Crippen molar-refractivity contribution in [3.05, 3.63) is 29.3 Å². The van der Waals surface area contributed by atoms with Gasteiger partial charge in [0.1, 0.15) is 12.4 Å². The third-order valence-corrected chi connectivity index (χ3v) is 6.64. The first-order valence-corrected chi connectivity index (χ1v) is 14.9. The number of carbonyl (C=O) groups excluding carboxylic acids is 4. The van der Waals surface area contributed by atoms with Crippen LogP contribution in [0.2, 0.25) is 0 Å². The quantitative estimate of drug-likeness (QED) is 0.165. The lowest BCUT2D eigenvalue weighted by atomic mass is 10.1. The predicted octanol–water partition coefficient (Wildman–Crippen LogP) is 3.66. The van der Waals surface area contributed by atoms with Gasteiger partial charge in [-0.25, -0.2) is 9.59 Å². The largest absolute Gasteiger partial charge is 0.445 e. The fourth-order valence-corrected chi connectivity index (χ4v) is 4.09. The molecule has 0 aliphatic heterocycles. The van der Waals surface area contributed by atoms with Crippen LogP contribution in [0.4, 0.5) is 9.59 Å². The molecule has 0 unspecified atom stereocenters. The Bertz CT molecular complexity index is 962. The van der Waals surface area contributed by atoms with Crippen molar-refractivity contribution in [2.75, 3.05) is 60.1 Å². The lowest BCUT2D eigenvalue weighted by molar-refractivity contribution is -0.129. The number of likely N-dealkylation sites (N-methyl/N-ethyl adjacent to an activating group) is 2. The standard InChI is InChI=1S/C29H49N5O6S/c1-23(35)34(16-11-9-7-6-8-10-15-31-27(36)14-19-41)21-25-20-24(22-39-28(37)30-2)12-13-26(25)40-29(38)33(5)18-17-32(3)4/h12-13,20,41H,6-11,14-19,21-22H2,1-5H3,(H,30,37)(H,31,36). The fourth-order valence-electron chi connectivity index (χ4n) is 3.89. The molecule has 12 heteroatoms. The average molecular weight is 596 g/mol. The monoisotopic (exact) mass is 595 g/mol. The third kappa shape index (κ3) is 16.1. The molecule has 0 bridgehead atoms. The Hall–Kier alpha value is -2.99. The van der Waals surface area contributed by atoms with E-state index in [0.717, 1.165) is 44.1 Å². The van der Waals surface area contributed by atoms with Crippen molar-refractivity contribution in [2.45, 2.75) is 65.0 Å². The number of nitrogens with one attached hydrogen (secondary N) is 2. The van der Waals surface area contributed by atoms with Crippen LogP contribution in [0.1, 0.15) is 63.0 Å². The van der Waals surface area contributed by atoms with Crippen molar-refractivity contribution in [1.29, 1.82) is 0 Å². The highest BCUT2D eigenvalue weighted by Crippen LogP contribution is 2.24. The van der Waals surface area contributed by atoms with Crippen molar-refractivity contribution in [3.63, 3.8) is 0 Å². The van der Waals surface area contributed by atoms with E-state index in [1.54, 1.807) is 30.1 Å². The van der Waals surface area contributed by atoms with Crippen LogP contribution in [-0.2, 0) is 27.5 Å². The molecular formula is C29H49N5O6S. The van der Waals surface area contributed by atoms with Crippen LogP contribution in [-0.4, -0.2) is 98.8 Å². The minimum Gasteiger partial charge on any atom is -0.445 e. The lowest BCUT2D eigenvalue weighted by Gasteiger charge is -2.24. The number of carbonyl (C=O) groups is 4. The molecule has 4 amide bonds. The number of alkyl carbamates (subject to hydrolysis) is 1. The van der Waals surface area contributed by atoms with Gasteiger partial charge in [0.25, 0.3) is 0 Å². The van der Waals surface area contributed by atoms with Gasteiger partial charge < -0.3 is 34.8 Å². The van der Waals surface area contributed by atoms with Gasteiger partial charge in [0.05, 0.1) is 0 Å². The van der Waals surface area contributed by atoms with Crippen LogP contribution in [0.5, 0.6) is 5.75 Å². The van der Waals surface area contributed by atoms with Crippen LogP contribution >= 0.6 is 12.6 Å². The molecule has 1 aromatic carbocycles. The second-order valence-corrected chi connectivity index (χ2v) is 10.7. The first kappa shape index (κ1) is 36.0. The van der Waals surface area contributed by atoms with Gasteiger partial charge in [-0.05, 0) is 50.4 Å².